The van der Waals surface area contributed by atoms with Crippen molar-refractivity contribution in [3.8, 4) is 0 Å². The zero-order valence-electron chi connectivity index (χ0n) is 31.1. The molecule has 2 rings (SSSR count). The third-order valence-electron chi connectivity index (χ3n) is 8.01. The molecule has 2 heterocycles. The SMILES string of the molecule is CB(O)N=C(N(CCCCCCCCNC(=N[B]C=O)NB(C)O)B(C)O)N(CCCOCc1ccc(C2=NCCCN2B(C)O)cn1)B(C)O. The first-order valence-corrected chi connectivity index (χ1v) is 18.1. The Kier molecular flexibility index (Phi) is 21.7. The van der Waals surface area contributed by atoms with Gasteiger partial charge in [-0.2, -0.15) is 0 Å². The standard InChI is InChI=1S/C29H56B6N9O7/c1-31(46)40-28(39-30-24-45)37-16-10-8-6-7-9-11-18-43(34(4)49)29(41-32(2)47)44(35(5)50)20-13-21-51-23-26-15-14-25(22-38-26)27-36-17-12-19-42(27)33(3)48/h14-15,22,24,46-50H,6-13,16-21,23H2,1-5H3,(H2,37,39,40). The van der Waals surface area contributed by atoms with E-state index in [9.17, 15) is 29.9 Å². The highest BCUT2D eigenvalue weighted by molar-refractivity contribution is 6.66. The number of pyridine rings is 1. The van der Waals surface area contributed by atoms with Gasteiger partial charge in [0.1, 0.15) is 12.0 Å². The van der Waals surface area contributed by atoms with Gasteiger partial charge in [0, 0.05) is 51.1 Å². The molecule has 7 N–H and O–H groups in total. The molecule has 0 unspecified atom stereocenters. The number of carbonyl (C=O) groups excluding carboxylic acids is 1. The summed E-state index contributed by atoms with van der Waals surface area (Å²) in [5.41, 5.74) is 1.61. The smallest absolute Gasteiger partial charge is 0.431 e. The van der Waals surface area contributed by atoms with Crippen LogP contribution in [0.2, 0.25) is 34.1 Å². The molecule has 0 saturated carbocycles. The second-order valence-corrected chi connectivity index (χ2v) is 12.7. The predicted molar refractivity (Wildman–Crippen MR) is 210 cm³/mol. The molecule has 51 heavy (non-hydrogen) atoms. The predicted octanol–water partition coefficient (Wildman–Crippen LogP) is -0.363. The number of carbonyl (C=O) groups is 1. The number of rotatable bonds is 23. The number of hydrogen-bond donors (Lipinski definition) is 7. The fourth-order valence-electron chi connectivity index (χ4n) is 5.55. The van der Waals surface area contributed by atoms with E-state index in [4.69, 9.17) is 4.74 Å². The maximum absolute atomic E-state index is 10.7. The van der Waals surface area contributed by atoms with Crippen LogP contribution in [0.5, 0.6) is 0 Å². The number of aliphatic imine (C=N–C) groups is 1. The van der Waals surface area contributed by atoms with Gasteiger partial charge in [-0.05, 0) is 71.9 Å². The van der Waals surface area contributed by atoms with Crippen molar-refractivity contribution in [2.75, 3.05) is 39.3 Å². The number of nitrogens with zero attached hydrogens (tertiary/aromatic N) is 7. The first kappa shape index (κ1) is 44.1. The number of hydrogen-bond acceptors (Lipinski definition) is 12. The van der Waals surface area contributed by atoms with E-state index in [1.807, 2.05) is 16.9 Å². The van der Waals surface area contributed by atoms with Crippen molar-refractivity contribution in [1.29, 1.82) is 0 Å². The third kappa shape index (κ3) is 17.4. The summed E-state index contributed by atoms with van der Waals surface area (Å²) >= 11 is 0. The van der Waals surface area contributed by atoms with Crippen LogP contribution >= 0.6 is 0 Å². The van der Waals surface area contributed by atoms with Crippen molar-refractivity contribution in [3.63, 3.8) is 0 Å². The molecule has 0 spiro atoms. The maximum atomic E-state index is 10.7. The summed E-state index contributed by atoms with van der Waals surface area (Å²) in [6, 6.07) is 3.83. The Bertz CT molecular complexity index is 1220. The van der Waals surface area contributed by atoms with E-state index in [0.29, 0.717) is 57.4 Å². The lowest BCUT2D eigenvalue weighted by Crippen LogP contribution is -2.56. The summed E-state index contributed by atoms with van der Waals surface area (Å²) in [5, 5.41) is 57.0. The lowest BCUT2D eigenvalue weighted by molar-refractivity contribution is 0.113. The van der Waals surface area contributed by atoms with E-state index in [1.165, 1.54) is 6.82 Å². The van der Waals surface area contributed by atoms with Gasteiger partial charge in [0.05, 0.1) is 12.3 Å². The molecule has 0 aromatic carbocycles. The molecular formula is C29H56B6N9O7. The molecule has 0 bridgehead atoms. The monoisotopic (exact) mass is 708 g/mol. The zero-order valence-corrected chi connectivity index (χ0v) is 31.1. The van der Waals surface area contributed by atoms with Crippen LogP contribution in [-0.2, 0) is 16.1 Å². The Balaban J connectivity index is 1.82. The Morgan fingerprint density at radius 3 is 2.24 bits per heavy atom. The second kappa shape index (κ2) is 25.0. The lowest BCUT2D eigenvalue weighted by Gasteiger charge is -2.37. The van der Waals surface area contributed by atoms with Crippen LogP contribution in [0.4, 0.5) is 0 Å². The highest BCUT2D eigenvalue weighted by atomic mass is 16.5. The Hall–Kier alpha value is -3.02. The Morgan fingerprint density at radius 1 is 0.980 bits per heavy atom. The average molecular weight is 708 g/mol. The number of ether oxygens (including phenoxy) is 1. The van der Waals surface area contributed by atoms with E-state index in [2.05, 4.69) is 30.3 Å². The molecule has 1 aromatic rings. The molecule has 0 fully saturated rings. The van der Waals surface area contributed by atoms with E-state index >= 15 is 0 Å². The van der Waals surface area contributed by atoms with Gasteiger partial charge >= 0.3 is 42.7 Å². The van der Waals surface area contributed by atoms with Gasteiger partial charge in [0.15, 0.2) is 11.9 Å². The van der Waals surface area contributed by atoms with Crippen molar-refractivity contribution < 1.29 is 34.7 Å². The lowest BCUT2D eigenvalue weighted by atomic mass is 9.80. The fraction of sp³-hybridized carbons (Fsp3) is 0.690. The second-order valence-electron chi connectivity index (χ2n) is 12.7. The van der Waals surface area contributed by atoms with Crippen LogP contribution in [0, 0.1) is 0 Å². The maximum Gasteiger partial charge on any atom is 0.431 e. The Labute approximate surface area is 306 Å². The molecule has 1 aromatic heterocycles. The third-order valence-corrected chi connectivity index (χ3v) is 8.01. The van der Waals surface area contributed by atoms with Gasteiger partial charge in [-0.3, -0.25) is 14.9 Å². The summed E-state index contributed by atoms with van der Waals surface area (Å²) < 4.78 is 5.89. The van der Waals surface area contributed by atoms with Crippen LogP contribution in [0.3, 0.4) is 0 Å². The molecule has 277 valence electrons. The van der Waals surface area contributed by atoms with E-state index in [0.717, 1.165) is 82.5 Å². The normalized spacial score (nSPS) is 13.3. The minimum atomic E-state index is -1.04. The molecule has 22 heteroatoms. The largest absolute Gasteiger partial charge is 0.433 e. The summed E-state index contributed by atoms with van der Waals surface area (Å²) in [6.07, 6.45) is 9.37. The molecule has 16 nitrogen and oxygen atoms in total. The number of guanidine groups is 2. The molecule has 0 amide bonds. The van der Waals surface area contributed by atoms with E-state index < -0.39 is 35.3 Å². The van der Waals surface area contributed by atoms with Gasteiger partial charge in [0.2, 0.25) is 0 Å². The quantitative estimate of drug-likeness (QED) is 0.0255. The first-order valence-electron chi connectivity index (χ1n) is 18.1. The van der Waals surface area contributed by atoms with Crippen LogP contribution < -0.4 is 10.5 Å². The van der Waals surface area contributed by atoms with E-state index in [-0.39, 0.29) is 0 Å². The molecule has 1 aliphatic heterocycles. The topological polar surface area (TPSA) is 211 Å². The van der Waals surface area contributed by atoms with Crippen LogP contribution in [0.15, 0.2) is 33.1 Å². The average Bonchev–Trinajstić information content (AvgIpc) is 3.08. The van der Waals surface area contributed by atoms with Crippen molar-refractivity contribution in [3.05, 3.63) is 29.6 Å². The molecular weight excluding hydrogens is 651 g/mol. The van der Waals surface area contributed by atoms with Crippen molar-refractivity contribution in [2.24, 2.45) is 14.8 Å². The van der Waals surface area contributed by atoms with Gasteiger partial charge in [-0.25, -0.2) is 0 Å². The minimum absolute atomic E-state index is 0.308. The van der Waals surface area contributed by atoms with Crippen LogP contribution in [-0.4, -0.2) is 150 Å². The molecule has 0 aliphatic carbocycles. The summed E-state index contributed by atoms with van der Waals surface area (Å²) in [7, 11) is -3.16. The molecule has 1 aliphatic rings. The molecule has 1 radical (unpaired) electrons. The van der Waals surface area contributed by atoms with Gasteiger partial charge in [-0.1, -0.05) is 25.7 Å². The van der Waals surface area contributed by atoms with Gasteiger partial charge in [0.25, 0.3) is 0 Å². The van der Waals surface area contributed by atoms with Gasteiger partial charge in [-0.15, -0.1) is 0 Å². The highest BCUT2D eigenvalue weighted by Gasteiger charge is 2.30. The summed E-state index contributed by atoms with van der Waals surface area (Å²) in [4.78, 5) is 33.2. The number of nitrogens with one attached hydrogen (secondary N) is 2. The fourth-order valence-corrected chi connectivity index (χ4v) is 5.55. The van der Waals surface area contributed by atoms with Crippen LogP contribution in [0.25, 0.3) is 0 Å². The number of amidine groups is 1. The Morgan fingerprint density at radius 2 is 1.65 bits per heavy atom. The summed E-state index contributed by atoms with van der Waals surface area (Å²) in [6.45, 7) is 11.8. The van der Waals surface area contributed by atoms with E-state index in [1.54, 1.807) is 43.1 Å². The minimum Gasteiger partial charge on any atom is -0.433 e. The number of unbranched alkanes of at least 4 members (excludes halogenated alkanes) is 5. The first-order chi connectivity index (χ1) is 24.4. The van der Waals surface area contributed by atoms with Crippen molar-refractivity contribution >= 4 is 66.6 Å². The molecule has 0 saturated heterocycles. The van der Waals surface area contributed by atoms with Crippen LogP contribution in [0.1, 0.15) is 62.6 Å². The number of aromatic nitrogens is 1. The zero-order chi connectivity index (χ0) is 37.6. The van der Waals surface area contributed by atoms with Crippen molar-refractivity contribution in [1.82, 2.24) is 30.0 Å². The van der Waals surface area contributed by atoms with Crippen molar-refractivity contribution in [2.45, 2.75) is 92.1 Å². The molecule has 0 atom stereocenters. The van der Waals surface area contributed by atoms with Gasteiger partial charge < -0.3 is 64.5 Å². The summed E-state index contributed by atoms with van der Waals surface area (Å²) in [5.74, 6) is 1.42. The highest BCUT2D eigenvalue weighted by Crippen LogP contribution is 2.14.